The number of ether oxygens (including phenoxy) is 1. The number of methoxy groups -OCH3 is 1. The van der Waals surface area contributed by atoms with Gasteiger partial charge < -0.3 is 14.5 Å². The number of ketones is 1. The van der Waals surface area contributed by atoms with Crippen LogP contribution in [0.4, 0.5) is 4.79 Å². The lowest BCUT2D eigenvalue weighted by atomic mass is 9.64. The van der Waals surface area contributed by atoms with Crippen molar-refractivity contribution in [2.24, 2.45) is 5.92 Å². The van der Waals surface area contributed by atoms with Gasteiger partial charge in [-0.15, -0.1) is 0 Å². The third-order valence-electron chi connectivity index (χ3n) is 6.55. The van der Waals surface area contributed by atoms with E-state index >= 15 is 0 Å². The molecule has 1 amide bonds. The Labute approximate surface area is 153 Å². The number of alkyl carbamates (subject to hydrolysis) is 1. The summed E-state index contributed by atoms with van der Waals surface area (Å²) in [4.78, 5) is 25.0. The Kier molecular flexibility index (Phi) is 6.04. The van der Waals surface area contributed by atoms with Crippen molar-refractivity contribution < 1.29 is 18.8 Å². The second kappa shape index (κ2) is 7.39. The molecule has 0 aromatic rings. The molecule has 0 spiro atoms. The summed E-state index contributed by atoms with van der Waals surface area (Å²) in [6, 6.07) is -0.275. The van der Waals surface area contributed by atoms with Gasteiger partial charge >= 0.3 is 6.09 Å². The van der Waals surface area contributed by atoms with E-state index < -0.39 is 20.0 Å². The van der Waals surface area contributed by atoms with Crippen molar-refractivity contribution in [3.8, 4) is 0 Å². The summed E-state index contributed by atoms with van der Waals surface area (Å²) in [7, 11) is -0.879. The second-order valence-corrected chi connectivity index (χ2v) is 14.1. The predicted octanol–water partition coefficient (Wildman–Crippen LogP) is 4.41. The molecule has 3 atom stereocenters. The summed E-state index contributed by atoms with van der Waals surface area (Å²) in [5.74, 6) is 0.531. The van der Waals surface area contributed by atoms with E-state index in [1.807, 2.05) is 0 Å². The van der Waals surface area contributed by atoms with E-state index in [-0.39, 0.29) is 11.8 Å². The van der Waals surface area contributed by atoms with Crippen molar-refractivity contribution >= 4 is 20.2 Å². The predicted molar refractivity (Wildman–Crippen MR) is 101 cm³/mol. The maximum absolute atomic E-state index is 13.1. The van der Waals surface area contributed by atoms with Gasteiger partial charge in [0.25, 0.3) is 0 Å². The number of rotatable bonds is 6. The third kappa shape index (κ3) is 3.39. The maximum Gasteiger partial charge on any atom is 0.407 e. The van der Waals surface area contributed by atoms with Gasteiger partial charge in [-0.3, -0.25) is 4.79 Å². The van der Waals surface area contributed by atoms with Gasteiger partial charge in [0, 0.05) is 6.42 Å². The normalized spacial score (nSPS) is 29.6. The smallest absolute Gasteiger partial charge is 0.407 e. The lowest BCUT2D eigenvalue weighted by molar-refractivity contribution is -0.152. The highest BCUT2D eigenvalue weighted by molar-refractivity contribution is 6.77. The van der Waals surface area contributed by atoms with E-state index in [2.05, 4.69) is 46.9 Å². The van der Waals surface area contributed by atoms with Crippen molar-refractivity contribution in [3.05, 3.63) is 0 Å². The van der Waals surface area contributed by atoms with Crippen LogP contribution in [0.25, 0.3) is 0 Å². The van der Waals surface area contributed by atoms with Gasteiger partial charge in [0.2, 0.25) is 8.32 Å². The average molecular weight is 370 g/mol. The van der Waals surface area contributed by atoms with Crippen LogP contribution in [0.1, 0.15) is 67.2 Å². The molecule has 0 aromatic carbocycles. The zero-order valence-electron chi connectivity index (χ0n) is 16.8. The first-order valence-corrected chi connectivity index (χ1v) is 11.8. The monoisotopic (exact) mass is 369 g/mol. The van der Waals surface area contributed by atoms with Crippen molar-refractivity contribution in [2.75, 3.05) is 7.11 Å². The Morgan fingerprint density at radius 3 is 2.16 bits per heavy atom. The van der Waals surface area contributed by atoms with E-state index in [1.54, 1.807) is 0 Å². The number of Topliss-reactive ketones (excluding diaryl/α,β-unsaturated/α-hetero) is 1. The lowest BCUT2D eigenvalue weighted by Gasteiger charge is -2.56. The quantitative estimate of drug-likeness (QED) is 0.704. The van der Waals surface area contributed by atoms with Crippen LogP contribution in [0.15, 0.2) is 0 Å². The Morgan fingerprint density at radius 1 is 1.16 bits per heavy atom. The van der Waals surface area contributed by atoms with Gasteiger partial charge in [-0.2, -0.15) is 0 Å². The van der Waals surface area contributed by atoms with Crippen LogP contribution in [0.2, 0.25) is 16.6 Å². The summed E-state index contributed by atoms with van der Waals surface area (Å²) >= 11 is 0. The van der Waals surface area contributed by atoms with E-state index in [4.69, 9.17) is 9.16 Å². The number of amides is 1. The van der Waals surface area contributed by atoms with Gasteiger partial charge in [-0.25, -0.2) is 4.79 Å². The molecule has 3 rings (SSSR count). The van der Waals surface area contributed by atoms with Crippen LogP contribution < -0.4 is 5.32 Å². The Balaban J connectivity index is 2.45. The number of carbonyl (C=O) groups excluding carboxylic acids is 2. The second-order valence-electron chi connectivity index (χ2n) is 8.77. The van der Waals surface area contributed by atoms with Crippen LogP contribution in [-0.2, 0) is 14.0 Å². The van der Waals surface area contributed by atoms with Crippen LogP contribution in [0.3, 0.4) is 0 Å². The largest absolute Gasteiger partial charge is 0.453 e. The number of nitrogens with one attached hydrogen (secondary N) is 1. The SMILES string of the molecule is COC(=O)N[C@@H]1C[C@H]2CCC1(O[Si](C(C)C)(C(C)C)C(C)C)C(=O)C2. The summed E-state index contributed by atoms with van der Waals surface area (Å²) in [6.45, 7) is 13.4. The molecule has 0 aromatic heterocycles. The number of hydrogen-bond donors (Lipinski definition) is 1. The van der Waals surface area contributed by atoms with Crippen molar-refractivity contribution in [3.63, 3.8) is 0 Å². The summed E-state index contributed by atoms with van der Waals surface area (Å²) in [5, 5.41) is 2.93. The Hall–Kier alpha value is -0.883. The molecular formula is C19H35NO4Si. The molecule has 1 unspecified atom stereocenters. The molecular weight excluding hydrogens is 334 g/mol. The number of carbonyl (C=O) groups is 2. The van der Waals surface area contributed by atoms with E-state index in [9.17, 15) is 9.59 Å². The Bertz CT molecular complexity index is 498. The minimum absolute atomic E-state index is 0.176. The number of fused-ring (bicyclic) bond motifs is 3. The van der Waals surface area contributed by atoms with Crippen LogP contribution in [0.5, 0.6) is 0 Å². The average Bonchev–Trinajstić information content (AvgIpc) is 2.52. The van der Waals surface area contributed by atoms with E-state index in [0.29, 0.717) is 35.4 Å². The van der Waals surface area contributed by atoms with Gasteiger partial charge in [-0.05, 0) is 41.8 Å². The fourth-order valence-electron chi connectivity index (χ4n) is 5.41. The summed E-state index contributed by atoms with van der Waals surface area (Å²) < 4.78 is 11.8. The first kappa shape index (κ1) is 20.4. The van der Waals surface area contributed by atoms with E-state index in [1.165, 1.54) is 7.11 Å². The van der Waals surface area contributed by atoms with Crippen molar-refractivity contribution in [2.45, 2.75) is 95.5 Å². The number of hydrogen-bond acceptors (Lipinski definition) is 4. The van der Waals surface area contributed by atoms with Crippen LogP contribution >= 0.6 is 0 Å². The van der Waals surface area contributed by atoms with Crippen LogP contribution in [-0.4, -0.2) is 38.9 Å². The molecule has 1 N–H and O–H groups in total. The molecule has 5 nitrogen and oxygen atoms in total. The lowest BCUT2D eigenvalue weighted by Crippen LogP contribution is -2.69. The van der Waals surface area contributed by atoms with Crippen molar-refractivity contribution in [1.82, 2.24) is 5.32 Å². The Morgan fingerprint density at radius 2 is 1.72 bits per heavy atom. The van der Waals surface area contributed by atoms with Crippen molar-refractivity contribution in [1.29, 1.82) is 0 Å². The highest BCUT2D eigenvalue weighted by atomic mass is 28.4. The van der Waals surface area contributed by atoms with E-state index in [0.717, 1.165) is 12.8 Å². The van der Waals surface area contributed by atoms with Gasteiger partial charge in [-0.1, -0.05) is 41.5 Å². The fourth-order valence-corrected chi connectivity index (χ4v) is 11.1. The van der Waals surface area contributed by atoms with Gasteiger partial charge in [0.1, 0.15) is 5.60 Å². The minimum atomic E-state index is -2.24. The topological polar surface area (TPSA) is 64.6 Å². The molecule has 0 heterocycles. The molecule has 3 saturated carbocycles. The summed E-state index contributed by atoms with van der Waals surface area (Å²) in [5.41, 5.74) is 0.322. The molecule has 25 heavy (non-hydrogen) atoms. The standard InChI is InChI=1S/C19H35NO4Si/c1-12(2)25(13(3)4,14(5)6)24-19-9-8-15(11-17(19)21)10-16(19)20-18(22)23-7/h12-16H,8-11H2,1-7H3,(H,20,22)/t15-,16-,19?/m1/s1. The molecule has 0 radical (unpaired) electrons. The molecule has 0 saturated heterocycles. The zero-order chi connectivity index (χ0) is 19.0. The molecule has 6 heteroatoms. The highest BCUT2D eigenvalue weighted by Crippen LogP contribution is 2.51. The molecule has 3 aliphatic rings. The molecule has 0 aliphatic heterocycles. The van der Waals surface area contributed by atoms with Gasteiger partial charge in [0.05, 0.1) is 13.2 Å². The third-order valence-corrected chi connectivity index (χ3v) is 12.7. The highest BCUT2D eigenvalue weighted by Gasteiger charge is 2.60. The van der Waals surface area contributed by atoms with Crippen LogP contribution in [0, 0.1) is 5.92 Å². The first-order valence-electron chi connectivity index (χ1n) is 9.68. The zero-order valence-corrected chi connectivity index (χ0v) is 17.8. The molecule has 144 valence electrons. The maximum atomic E-state index is 13.1. The van der Waals surface area contributed by atoms with Gasteiger partial charge in [0.15, 0.2) is 5.78 Å². The molecule has 3 fully saturated rings. The first-order chi connectivity index (χ1) is 11.6. The minimum Gasteiger partial charge on any atom is -0.453 e. The molecule has 3 aliphatic carbocycles. The summed E-state index contributed by atoms with van der Waals surface area (Å²) in [6.07, 6.45) is 2.63. The fraction of sp³-hybridized carbons (Fsp3) is 0.895. The molecule has 2 bridgehead atoms.